The van der Waals surface area contributed by atoms with E-state index < -0.39 is 0 Å². The van der Waals surface area contributed by atoms with Crippen molar-refractivity contribution in [2.24, 2.45) is 0 Å². The van der Waals surface area contributed by atoms with Gasteiger partial charge in [-0.2, -0.15) is 0 Å². The molecule has 17 heavy (non-hydrogen) atoms. The average Bonchev–Trinajstić information content (AvgIpc) is 2.79. The van der Waals surface area contributed by atoms with Crippen LogP contribution in [0.15, 0.2) is 30.7 Å². The molecule has 0 N–H and O–H groups in total. The van der Waals surface area contributed by atoms with Crippen LogP contribution in [0.25, 0.3) is 5.69 Å². The molecule has 0 atom stereocenters. The van der Waals surface area contributed by atoms with E-state index in [9.17, 15) is 0 Å². The molecule has 89 valence electrons. The predicted molar refractivity (Wildman–Crippen MR) is 71.9 cm³/mol. The number of hydrogen-bond acceptors (Lipinski definition) is 1. The summed E-state index contributed by atoms with van der Waals surface area (Å²) in [4.78, 5) is 4.35. The van der Waals surface area contributed by atoms with Crippen molar-refractivity contribution in [3.8, 4) is 5.69 Å². The molecule has 0 spiro atoms. The van der Waals surface area contributed by atoms with Crippen molar-refractivity contribution in [3.05, 3.63) is 52.9 Å². The van der Waals surface area contributed by atoms with Gasteiger partial charge in [0.2, 0.25) is 0 Å². The summed E-state index contributed by atoms with van der Waals surface area (Å²) in [6.45, 7) is 2.05. The quantitative estimate of drug-likeness (QED) is 0.806. The first kappa shape index (κ1) is 12.5. The molecule has 0 unspecified atom stereocenters. The molecule has 1 radical (unpaired) electrons. The highest BCUT2D eigenvalue weighted by molar-refractivity contribution is 6.42. The molecule has 4 heteroatoms. The van der Waals surface area contributed by atoms with Gasteiger partial charge in [0.05, 0.1) is 22.1 Å². The number of hydrogen-bond donors (Lipinski definition) is 0. The summed E-state index contributed by atoms with van der Waals surface area (Å²) >= 11 is 11.9. The highest BCUT2D eigenvalue weighted by Gasteiger charge is 2.03. The van der Waals surface area contributed by atoms with E-state index >= 15 is 0 Å². The highest BCUT2D eigenvalue weighted by Crippen LogP contribution is 2.24. The fraction of sp³-hybridized carbons (Fsp3) is 0.231. The molecule has 2 rings (SSSR count). The molecule has 0 bridgehead atoms. The van der Waals surface area contributed by atoms with E-state index in [1.165, 1.54) is 0 Å². The highest BCUT2D eigenvalue weighted by atomic mass is 35.5. The van der Waals surface area contributed by atoms with E-state index in [-0.39, 0.29) is 0 Å². The zero-order chi connectivity index (χ0) is 12.3. The van der Waals surface area contributed by atoms with Crippen molar-refractivity contribution in [1.82, 2.24) is 9.55 Å². The number of unbranched alkanes of at least 4 members (excludes halogenated alkanes) is 1. The standard InChI is InChI=1S/C13H13Cl2N2/c1-2-3-4-10-8-17(9-16-10)11-5-6-12(14)13(15)7-11/h2,5-9H,3-4H2,1H3. The van der Waals surface area contributed by atoms with Crippen LogP contribution in [0.2, 0.25) is 10.0 Å². The molecule has 2 nitrogen and oxygen atoms in total. The molecule has 0 aliphatic carbocycles. The molecular weight excluding hydrogens is 255 g/mol. The Bertz CT molecular complexity index is 506. The minimum absolute atomic E-state index is 0.557. The number of aromatic nitrogens is 2. The molecule has 0 aliphatic heterocycles. The third kappa shape index (κ3) is 3.02. The summed E-state index contributed by atoms with van der Waals surface area (Å²) < 4.78 is 1.95. The Kier molecular flexibility index (Phi) is 4.08. The van der Waals surface area contributed by atoms with Crippen molar-refractivity contribution >= 4 is 23.2 Å². The topological polar surface area (TPSA) is 17.8 Å². The first-order valence-corrected chi connectivity index (χ1v) is 6.22. The third-order valence-corrected chi connectivity index (χ3v) is 3.27. The zero-order valence-corrected chi connectivity index (χ0v) is 11.0. The van der Waals surface area contributed by atoms with Crippen molar-refractivity contribution in [3.63, 3.8) is 0 Å². The monoisotopic (exact) mass is 267 g/mol. The Labute approximate surface area is 111 Å². The van der Waals surface area contributed by atoms with E-state index in [1.54, 1.807) is 12.4 Å². The number of halogens is 2. The fourth-order valence-corrected chi connectivity index (χ4v) is 1.86. The number of aryl methyl sites for hydroxylation is 1. The van der Waals surface area contributed by atoms with Crippen molar-refractivity contribution < 1.29 is 0 Å². The lowest BCUT2D eigenvalue weighted by molar-refractivity contribution is 0.905. The summed E-state index contributed by atoms with van der Waals surface area (Å²) in [7, 11) is 0. The number of imidazole rings is 1. The lowest BCUT2D eigenvalue weighted by Crippen LogP contribution is -1.90. The lowest BCUT2D eigenvalue weighted by atomic mass is 10.2. The van der Waals surface area contributed by atoms with Crippen LogP contribution in [-0.4, -0.2) is 9.55 Å². The molecule has 0 saturated carbocycles. The van der Waals surface area contributed by atoms with Crippen LogP contribution in [0.5, 0.6) is 0 Å². The predicted octanol–water partition coefficient (Wildman–Crippen LogP) is 4.34. The maximum atomic E-state index is 5.98. The summed E-state index contributed by atoms with van der Waals surface area (Å²) in [5.74, 6) is 0. The molecule has 0 saturated heterocycles. The second-order valence-electron chi connectivity index (χ2n) is 3.82. The minimum atomic E-state index is 0.557. The second kappa shape index (κ2) is 5.56. The normalized spacial score (nSPS) is 10.8. The van der Waals surface area contributed by atoms with Gasteiger partial charge in [-0.15, -0.1) is 0 Å². The van der Waals surface area contributed by atoms with Gasteiger partial charge >= 0.3 is 0 Å². The van der Waals surface area contributed by atoms with Crippen molar-refractivity contribution in [1.29, 1.82) is 0 Å². The summed E-state index contributed by atoms with van der Waals surface area (Å²) in [5, 5.41) is 1.12. The first-order chi connectivity index (χ1) is 8.20. The van der Waals surface area contributed by atoms with Gasteiger partial charge in [0, 0.05) is 11.9 Å². The maximum absolute atomic E-state index is 5.98. The Hall–Kier alpha value is -0.990. The van der Waals surface area contributed by atoms with Crippen LogP contribution in [-0.2, 0) is 6.42 Å². The number of benzene rings is 1. The Morgan fingerprint density at radius 3 is 2.82 bits per heavy atom. The summed E-state index contributed by atoms with van der Waals surface area (Å²) in [6.07, 6.45) is 7.95. The molecule has 1 aromatic heterocycles. The van der Waals surface area contributed by atoms with Crippen LogP contribution in [0.1, 0.15) is 19.0 Å². The van der Waals surface area contributed by atoms with Crippen LogP contribution < -0.4 is 0 Å². The average molecular weight is 268 g/mol. The van der Waals surface area contributed by atoms with E-state index in [2.05, 4.69) is 18.3 Å². The summed E-state index contributed by atoms with van der Waals surface area (Å²) in [6, 6.07) is 5.55. The molecule has 0 aliphatic rings. The van der Waals surface area contributed by atoms with Gasteiger partial charge in [-0.25, -0.2) is 4.98 Å². The molecule has 1 aromatic carbocycles. The Morgan fingerprint density at radius 1 is 1.29 bits per heavy atom. The first-order valence-electron chi connectivity index (χ1n) is 5.47. The Balaban J connectivity index is 2.21. The molecule has 0 amide bonds. The third-order valence-electron chi connectivity index (χ3n) is 2.53. The van der Waals surface area contributed by atoms with Gasteiger partial charge in [-0.1, -0.05) is 30.1 Å². The van der Waals surface area contributed by atoms with E-state index in [0.29, 0.717) is 10.0 Å². The minimum Gasteiger partial charge on any atom is -0.306 e. The zero-order valence-electron chi connectivity index (χ0n) is 9.53. The van der Waals surface area contributed by atoms with Gasteiger partial charge in [0.25, 0.3) is 0 Å². The van der Waals surface area contributed by atoms with E-state index in [4.69, 9.17) is 23.2 Å². The maximum Gasteiger partial charge on any atom is 0.0995 e. The molecular formula is C13H13Cl2N2. The largest absolute Gasteiger partial charge is 0.306 e. The number of rotatable bonds is 4. The summed E-state index contributed by atoms with van der Waals surface area (Å²) in [5.41, 5.74) is 2.05. The van der Waals surface area contributed by atoms with E-state index in [0.717, 1.165) is 24.2 Å². The molecule has 1 heterocycles. The van der Waals surface area contributed by atoms with Gasteiger partial charge in [0.15, 0.2) is 0 Å². The van der Waals surface area contributed by atoms with Crippen LogP contribution >= 0.6 is 23.2 Å². The van der Waals surface area contributed by atoms with E-state index in [1.807, 2.05) is 22.9 Å². The van der Waals surface area contributed by atoms with Gasteiger partial charge in [0.1, 0.15) is 0 Å². The van der Waals surface area contributed by atoms with Crippen LogP contribution in [0.4, 0.5) is 0 Å². The molecule has 2 aromatic rings. The van der Waals surface area contributed by atoms with Crippen LogP contribution in [0.3, 0.4) is 0 Å². The number of nitrogens with zero attached hydrogens (tertiary/aromatic N) is 2. The van der Waals surface area contributed by atoms with Crippen LogP contribution in [0, 0.1) is 6.42 Å². The molecule has 0 fully saturated rings. The SMILES string of the molecule is C[CH]CCc1cn(-c2ccc(Cl)c(Cl)c2)cn1. The Morgan fingerprint density at radius 2 is 2.12 bits per heavy atom. The van der Waals surface area contributed by atoms with Gasteiger partial charge in [-0.3, -0.25) is 0 Å². The smallest absolute Gasteiger partial charge is 0.0995 e. The van der Waals surface area contributed by atoms with Gasteiger partial charge in [-0.05, 0) is 37.5 Å². The fourth-order valence-electron chi connectivity index (χ4n) is 1.57. The van der Waals surface area contributed by atoms with Crippen molar-refractivity contribution in [2.75, 3.05) is 0 Å². The second-order valence-corrected chi connectivity index (χ2v) is 4.63. The lowest BCUT2D eigenvalue weighted by Gasteiger charge is -2.03. The van der Waals surface area contributed by atoms with Crippen molar-refractivity contribution in [2.45, 2.75) is 19.8 Å². The van der Waals surface area contributed by atoms with Gasteiger partial charge < -0.3 is 4.57 Å².